The standard InChI is InChI=1S/C16H21N3O2S/c20-15-13(6-3-4-9-17-15)19-16(21)18-12-8-10-22-14-7-2-1-5-11(12)14/h1-2,5,7,12-13H,3-4,6,8-10H2,(H,17,20)(H2,18,19,21)/t12-,13+/m1/s1. The molecule has 0 bridgehead atoms. The molecule has 1 fully saturated rings. The number of fused-ring (bicyclic) bond motifs is 1. The first-order chi connectivity index (χ1) is 10.7. The zero-order valence-corrected chi connectivity index (χ0v) is 13.2. The zero-order chi connectivity index (χ0) is 15.4. The molecule has 2 aliphatic heterocycles. The van der Waals surface area contributed by atoms with Crippen LogP contribution >= 0.6 is 11.8 Å². The number of carbonyl (C=O) groups excluding carboxylic acids is 2. The minimum absolute atomic E-state index is 0.0197. The predicted molar refractivity (Wildman–Crippen MR) is 86.8 cm³/mol. The summed E-state index contributed by atoms with van der Waals surface area (Å²) in [5.74, 6) is 0.915. The van der Waals surface area contributed by atoms with Crippen LogP contribution in [-0.2, 0) is 4.79 Å². The molecule has 2 atom stereocenters. The molecule has 0 aliphatic carbocycles. The highest BCUT2D eigenvalue weighted by Gasteiger charge is 2.25. The van der Waals surface area contributed by atoms with E-state index < -0.39 is 6.04 Å². The Labute approximate surface area is 134 Å². The molecule has 118 valence electrons. The summed E-state index contributed by atoms with van der Waals surface area (Å²) in [6, 6.07) is 7.51. The molecule has 0 unspecified atom stereocenters. The van der Waals surface area contributed by atoms with Gasteiger partial charge in [-0.2, -0.15) is 0 Å². The molecule has 6 heteroatoms. The molecule has 5 nitrogen and oxygen atoms in total. The third kappa shape index (κ3) is 3.55. The quantitative estimate of drug-likeness (QED) is 0.782. The van der Waals surface area contributed by atoms with Gasteiger partial charge in [-0.3, -0.25) is 4.79 Å². The van der Waals surface area contributed by atoms with Crippen LogP contribution in [0, 0.1) is 0 Å². The van der Waals surface area contributed by atoms with Crippen molar-refractivity contribution in [3.63, 3.8) is 0 Å². The molecule has 0 radical (unpaired) electrons. The van der Waals surface area contributed by atoms with Crippen LogP contribution in [0.25, 0.3) is 0 Å². The molecule has 3 amide bonds. The highest BCUT2D eigenvalue weighted by Crippen LogP contribution is 2.35. The molecule has 22 heavy (non-hydrogen) atoms. The summed E-state index contributed by atoms with van der Waals surface area (Å²) in [6.07, 6.45) is 3.54. The van der Waals surface area contributed by atoms with E-state index in [0.29, 0.717) is 13.0 Å². The Hall–Kier alpha value is -1.69. The van der Waals surface area contributed by atoms with Crippen LogP contribution in [-0.4, -0.2) is 30.3 Å². The van der Waals surface area contributed by atoms with Gasteiger partial charge >= 0.3 is 6.03 Å². The summed E-state index contributed by atoms with van der Waals surface area (Å²) in [6.45, 7) is 0.700. The van der Waals surface area contributed by atoms with E-state index in [9.17, 15) is 9.59 Å². The van der Waals surface area contributed by atoms with Gasteiger partial charge in [-0.25, -0.2) is 4.79 Å². The number of urea groups is 1. The number of hydrogen-bond acceptors (Lipinski definition) is 3. The number of amides is 3. The van der Waals surface area contributed by atoms with Crippen molar-refractivity contribution >= 4 is 23.7 Å². The van der Waals surface area contributed by atoms with Crippen LogP contribution in [0.5, 0.6) is 0 Å². The minimum atomic E-state index is -0.421. The summed E-state index contributed by atoms with van der Waals surface area (Å²) in [7, 11) is 0. The van der Waals surface area contributed by atoms with Crippen LogP contribution in [0.2, 0.25) is 0 Å². The topological polar surface area (TPSA) is 70.2 Å². The van der Waals surface area contributed by atoms with Crippen molar-refractivity contribution in [2.75, 3.05) is 12.3 Å². The van der Waals surface area contributed by atoms with Crippen molar-refractivity contribution in [1.29, 1.82) is 0 Å². The first-order valence-electron chi connectivity index (χ1n) is 7.80. The molecule has 2 aliphatic rings. The smallest absolute Gasteiger partial charge is 0.315 e. The van der Waals surface area contributed by atoms with E-state index in [1.54, 1.807) is 0 Å². The maximum Gasteiger partial charge on any atom is 0.315 e. The summed E-state index contributed by atoms with van der Waals surface area (Å²) >= 11 is 1.82. The first-order valence-corrected chi connectivity index (χ1v) is 8.79. The molecule has 3 N–H and O–H groups in total. The number of carbonyl (C=O) groups is 2. The average molecular weight is 319 g/mol. The first kappa shape index (κ1) is 15.2. The Kier molecular flexibility index (Phi) is 4.87. The number of thioether (sulfide) groups is 1. The van der Waals surface area contributed by atoms with E-state index in [-0.39, 0.29) is 18.0 Å². The van der Waals surface area contributed by atoms with Gasteiger partial charge in [0.1, 0.15) is 6.04 Å². The largest absolute Gasteiger partial charge is 0.354 e. The van der Waals surface area contributed by atoms with E-state index in [2.05, 4.69) is 28.1 Å². The van der Waals surface area contributed by atoms with E-state index >= 15 is 0 Å². The molecule has 3 rings (SSSR count). The molecule has 0 spiro atoms. The maximum absolute atomic E-state index is 12.2. The van der Waals surface area contributed by atoms with Crippen LogP contribution in [0.3, 0.4) is 0 Å². The normalized spacial score (nSPS) is 24.6. The van der Waals surface area contributed by atoms with Crippen molar-refractivity contribution in [3.05, 3.63) is 29.8 Å². The van der Waals surface area contributed by atoms with E-state index in [1.165, 1.54) is 10.5 Å². The SMILES string of the molecule is O=C(N[C@H]1CCCCNC1=O)N[C@@H]1CCSc2ccccc21. The van der Waals surface area contributed by atoms with Crippen LogP contribution < -0.4 is 16.0 Å². The fraction of sp³-hybridized carbons (Fsp3) is 0.500. The fourth-order valence-corrected chi connectivity index (χ4v) is 4.05. The van der Waals surface area contributed by atoms with E-state index in [0.717, 1.165) is 25.0 Å². The van der Waals surface area contributed by atoms with Crippen LogP contribution in [0.15, 0.2) is 29.2 Å². The predicted octanol–water partition coefficient (Wildman–Crippen LogP) is 2.19. The van der Waals surface area contributed by atoms with Gasteiger partial charge in [0.05, 0.1) is 6.04 Å². The van der Waals surface area contributed by atoms with E-state index in [4.69, 9.17) is 0 Å². The van der Waals surface area contributed by atoms with Gasteiger partial charge in [-0.1, -0.05) is 18.2 Å². The Morgan fingerprint density at radius 1 is 1.14 bits per heavy atom. The summed E-state index contributed by atoms with van der Waals surface area (Å²) in [5, 5.41) is 8.67. The molecule has 1 aromatic carbocycles. The van der Waals surface area contributed by atoms with Crippen LogP contribution in [0.4, 0.5) is 4.79 Å². The second kappa shape index (κ2) is 7.05. The molecule has 1 aromatic rings. The Morgan fingerprint density at radius 3 is 2.86 bits per heavy atom. The third-order valence-corrected chi connectivity index (χ3v) is 5.23. The lowest BCUT2D eigenvalue weighted by Crippen LogP contribution is -2.50. The second-order valence-electron chi connectivity index (χ2n) is 5.68. The lowest BCUT2D eigenvalue weighted by atomic mass is 10.0. The van der Waals surface area contributed by atoms with Crippen molar-refractivity contribution in [2.45, 2.75) is 42.7 Å². The van der Waals surface area contributed by atoms with Gasteiger partial charge < -0.3 is 16.0 Å². The highest BCUT2D eigenvalue weighted by atomic mass is 32.2. The van der Waals surface area contributed by atoms with Crippen molar-refractivity contribution in [2.24, 2.45) is 0 Å². The van der Waals surface area contributed by atoms with Gasteiger partial charge in [0, 0.05) is 17.2 Å². The molecular formula is C16H21N3O2S. The molecule has 0 saturated carbocycles. The molecule has 1 saturated heterocycles. The van der Waals surface area contributed by atoms with Gasteiger partial charge in [-0.05, 0) is 37.3 Å². The Bertz CT molecular complexity index is 564. The summed E-state index contributed by atoms with van der Waals surface area (Å²) < 4.78 is 0. The minimum Gasteiger partial charge on any atom is -0.354 e. The highest BCUT2D eigenvalue weighted by molar-refractivity contribution is 7.99. The van der Waals surface area contributed by atoms with Crippen molar-refractivity contribution < 1.29 is 9.59 Å². The Balaban J connectivity index is 1.61. The number of benzene rings is 1. The number of rotatable bonds is 2. The average Bonchev–Trinajstić information content (AvgIpc) is 2.73. The summed E-state index contributed by atoms with van der Waals surface area (Å²) in [4.78, 5) is 25.3. The van der Waals surface area contributed by atoms with Gasteiger partial charge in [0.25, 0.3) is 0 Å². The molecule has 0 aromatic heterocycles. The number of nitrogens with one attached hydrogen (secondary N) is 3. The maximum atomic E-state index is 12.2. The van der Waals surface area contributed by atoms with Crippen molar-refractivity contribution in [3.8, 4) is 0 Å². The molecular weight excluding hydrogens is 298 g/mol. The fourth-order valence-electron chi connectivity index (χ4n) is 2.93. The van der Waals surface area contributed by atoms with E-state index in [1.807, 2.05) is 23.9 Å². The second-order valence-corrected chi connectivity index (χ2v) is 6.82. The van der Waals surface area contributed by atoms with Crippen molar-refractivity contribution in [1.82, 2.24) is 16.0 Å². The zero-order valence-electron chi connectivity index (χ0n) is 12.4. The molecule has 2 heterocycles. The lowest BCUT2D eigenvalue weighted by Gasteiger charge is -2.26. The van der Waals surface area contributed by atoms with Gasteiger partial charge in [0.15, 0.2) is 0 Å². The number of hydrogen-bond donors (Lipinski definition) is 3. The Morgan fingerprint density at radius 2 is 1.95 bits per heavy atom. The van der Waals surface area contributed by atoms with Gasteiger partial charge in [0.2, 0.25) is 5.91 Å². The van der Waals surface area contributed by atoms with Crippen LogP contribution in [0.1, 0.15) is 37.3 Å². The lowest BCUT2D eigenvalue weighted by molar-refractivity contribution is -0.122. The monoisotopic (exact) mass is 319 g/mol. The van der Waals surface area contributed by atoms with Gasteiger partial charge in [-0.15, -0.1) is 11.8 Å². The summed E-state index contributed by atoms with van der Waals surface area (Å²) in [5.41, 5.74) is 1.17. The third-order valence-electron chi connectivity index (χ3n) is 4.10.